The number of nitrogens with two attached hydrogens (primary N) is 1. The summed E-state index contributed by atoms with van der Waals surface area (Å²) in [5.74, 6) is -1.50. The van der Waals surface area contributed by atoms with Crippen LogP contribution in [0.3, 0.4) is 0 Å². The van der Waals surface area contributed by atoms with E-state index in [1.54, 1.807) is 0 Å². The number of hydrogen-bond donors (Lipinski definition) is 2. The molecule has 1 aromatic carbocycles. The molecule has 1 atom stereocenters. The van der Waals surface area contributed by atoms with Crippen molar-refractivity contribution < 1.29 is 17.2 Å². The molecule has 0 aliphatic carbocycles. The van der Waals surface area contributed by atoms with Gasteiger partial charge in [0.25, 0.3) is 0 Å². The van der Waals surface area contributed by atoms with E-state index in [0.29, 0.717) is 5.69 Å². The van der Waals surface area contributed by atoms with Gasteiger partial charge in [-0.15, -0.1) is 0 Å². The Balaban J connectivity index is 1.79. The molecule has 4 rings (SSSR count). The molecular formula is C21H20ClF2N5O2S. The van der Waals surface area contributed by atoms with Crippen LogP contribution in [0.5, 0.6) is 0 Å². The summed E-state index contributed by atoms with van der Waals surface area (Å²) in [6.07, 6.45) is 2.38. The standard InChI is InChI=1S/C21H20ClF2N5O2S/c1-20(2)19(25)29-21(3,10-32(20,30)31)14-7-12(4-5-15(14)23)28-18-17-13(16(24)9-27-18)6-11(22)8-26-17/h4-9H,10H2,1-3H3,(H2,25,29)(H,27,28)/t21-/m0/s1. The van der Waals surface area contributed by atoms with Gasteiger partial charge in [0.15, 0.2) is 21.5 Å². The highest BCUT2D eigenvalue weighted by Crippen LogP contribution is 2.39. The SMILES string of the molecule is CC1(C)C(N)=N[C@](C)(c2cc(Nc3ncc(F)c4cc(Cl)cnc34)ccc2F)CS1(=O)=O. The van der Waals surface area contributed by atoms with Crippen LogP contribution < -0.4 is 11.1 Å². The van der Waals surface area contributed by atoms with Crippen molar-refractivity contribution in [1.29, 1.82) is 0 Å². The van der Waals surface area contributed by atoms with Gasteiger partial charge < -0.3 is 11.1 Å². The maximum atomic E-state index is 14.8. The fraction of sp³-hybridized carbons (Fsp3) is 0.286. The molecule has 3 heterocycles. The second-order valence-corrected chi connectivity index (χ2v) is 11.3. The third-order valence-electron chi connectivity index (χ3n) is 5.68. The van der Waals surface area contributed by atoms with Gasteiger partial charge in [-0.25, -0.2) is 22.2 Å². The van der Waals surface area contributed by atoms with E-state index in [2.05, 4.69) is 20.3 Å². The van der Waals surface area contributed by atoms with Crippen LogP contribution in [0.15, 0.2) is 41.7 Å². The molecular weight excluding hydrogens is 460 g/mol. The Morgan fingerprint density at radius 3 is 2.50 bits per heavy atom. The predicted molar refractivity (Wildman–Crippen MR) is 121 cm³/mol. The van der Waals surface area contributed by atoms with Crippen molar-refractivity contribution >= 4 is 49.7 Å². The Kier molecular flexibility index (Phi) is 5.13. The van der Waals surface area contributed by atoms with Crippen molar-refractivity contribution in [2.75, 3.05) is 11.1 Å². The topological polar surface area (TPSA) is 110 Å². The Hall–Kier alpha value is -2.85. The Labute approximate surface area is 188 Å². The number of pyridine rings is 2. The zero-order chi connectivity index (χ0) is 23.5. The quantitative estimate of drug-likeness (QED) is 0.585. The molecule has 32 heavy (non-hydrogen) atoms. The molecule has 1 aliphatic heterocycles. The molecule has 0 fully saturated rings. The molecule has 0 unspecified atom stereocenters. The van der Waals surface area contributed by atoms with Crippen LogP contribution in [0.1, 0.15) is 26.3 Å². The number of aliphatic imine (C=N–C) groups is 1. The summed E-state index contributed by atoms with van der Waals surface area (Å²) >= 11 is 5.91. The first-order valence-electron chi connectivity index (χ1n) is 9.59. The Morgan fingerprint density at radius 2 is 1.81 bits per heavy atom. The molecule has 0 spiro atoms. The molecule has 168 valence electrons. The molecule has 0 saturated carbocycles. The largest absolute Gasteiger partial charge is 0.386 e. The highest BCUT2D eigenvalue weighted by Gasteiger charge is 2.49. The van der Waals surface area contributed by atoms with Crippen LogP contribution in [0.25, 0.3) is 10.9 Å². The van der Waals surface area contributed by atoms with Crippen molar-refractivity contribution in [3.8, 4) is 0 Å². The summed E-state index contributed by atoms with van der Waals surface area (Å²) in [7, 11) is -3.71. The lowest BCUT2D eigenvalue weighted by Gasteiger charge is -2.38. The Bertz CT molecular complexity index is 1390. The summed E-state index contributed by atoms with van der Waals surface area (Å²) < 4.78 is 53.3. The van der Waals surface area contributed by atoms with Gasteiger partial charge >= 0.3 is 0 Å². The van der Waals surface area contributed by atoms with Gasteiger partial charge in [0.1, 0.15) is 27.5 Å². The van der Waals surface area contributed by atoms with Crippen LogP contribution in [0.2, 0.25) is 5.02 Å². The van der Waals surface area contributed by atoms with E-state index in [1.165, 1.54) is 51.2 Å². The van der Waals surface area contributed by atoms with Crippen LogP contribution in [0, 0.1) is 11.6 Å². The number of amidine groups is 1. The van der Waals surface area contributed by atoms with Gasteiger partial charge in [-0.3, -0.25) is 9.98 Å². The molecule has 0 radical (unpaired) electrons. The number of nitrogens with one attached hydrogen (secondary N) is 1. The molecule has 3 aromatic rings. The van der Waals surface area contributed by atoms with Crippen LogP contribution >= 0.6 is 11.6 Å². The third kappa shape index (κ3) is 3.57. The number of rotatable bonds is 3. The molecule has 11 heteroatoms. The Morgan fingerprint density at radius 1 is 1.09 bits per heavy atom. The van der Waals surface area contributed by atoms with Gasteiger partial charge in [0.05, 0.1) is 17.0 Å². The van der Waals surface area contributed by atoms with Gasteiger partial charge in [-0.2, -0.15) is 0 Å². The number of aromatic nitrogens is 2. The average Bonchev–Trinajstić information content (AvgIpc) is 2.70. The zero-order valence-electron chi connectivity index (χ0n) is 17.4. The molecule has 0 saturated heterocycles. The molecule has 0 amide bonds. The normalized spacial score (nSPS) is 21.9. The van der Waals surface area contributed by atoms with Gasteiger partial charge in [-0.1, -0.05) is 11.6 Å². The highest BCUT2D eigenvalue weighted by atomic mass is 35.5. The van der Waals surface area contributed by atoms with Crippen molar-refractivity contribution in [2.45, 2.75) is 31.1 Å². The minimum atomic E-state index is -3.71. The minimum absolute atomic E-state index is 0.0481. The lowest BCUT2D eigenvalue weighted by molar-refractivity contribution is 0.476. The first-order valence-corrected chi connectivity index (χ1v) is 11.6. The van der Waals surface area contributed by atoms with Gasteiger partial charge in [0.2, 0.25) is 0 Å². The van der Waals surface area contributed by atoms with Crippen molar-refractivity contribution in [3.05, 3.63) is 58.9 Å². The molecule has 7 nitrogen and oxygen atoms in total. The number of nitrogens with zero attached hydrogens (tertiary/aromatic N) is 3. The van der Waals surface area contributed by atoms with Crippen LogP contribution in [0.4, 0.5) is 20.3 Å². The number of fused-ring (bicyclic) bond motifs is 1. The highest BCUT2D eigenvalue weighted by molar-refractivity contribution is 7.93. The monoisotopic (exact) mass is 479 g/mol. The molecule has 1 aliphatic rings. The van der Waals surface area contributed by atoms with E-state index in [4.69, 9.17) is 17.3 Å². The van der Waals surface area contributed by atoms with Crippen LogP contribution in [-0.2, 0) is 15.4 Å². The van der Waals surface area contributed by atoms with Crippen molar-refractivity contribution in [3.63, 3.8) is 0 Å². The number of sulfone groups is 1. The summed E-state index contributed by atoms with van der Waals surface area (Å²) in [5, 5.41) is 3.42. The summed E-state index contributed by atoms with van der Waals surface area (Å²) in [4.78, 5) is 12.5. The summed E-state index contributed by atoms with van der Waals surface area (Å²) in [5.41, 5.74) is 5.21. The number of hydrogen-bond acceptors (Lipinski definition) is 7. The maximum absolute atomic E-state index is 14.8. The van der Waals surface area contributed by atoms with Crippen molar-refractivity contribution in [2.24, 2.45) is 10.7 Å². The smallest absolute Gasteiger partial charge is 0.165 e. The number of anilines is 2. The van der Waals surface area contributed by atoms with Gasteiger partial charge in [-0.05, 0) is 45.0 Å². The van der Waals surface area contributed by atoms with Crippen molar-refractivity contribution in [1.82, 2.24) is 9.97 Å². The fourth-order valence-corrected chi connectivity index (χ4v) is 5.43. The number of benzene rings is 1. The first kappa shape index (κ1) is 22.3. The number of halogens is 3. The lowest BCUT2D eigenvalue weighted by Crippen LogP contribution is -2.54. The predicted octanol–water partition coefficient (Wildman–Crippen LogP) is 4.08. The van der Waals surface area contributed by atoms with E-state index in [-0.39, 0.29) is 33.1 Å². The van der Waals surface area contributed by atoms with E-state index >= 15 is 0 Å². The van der Waals surface area contributed by atoms with E-state index in [1.807, 2.05) is 0 Å². The van der Waals surface area contributed by atoms with Crippen LogP contribution in [-0.4, -0.2) is 34.7 Å². The van der Waals surface area contributed by atoms with E-state index in [0.717, 1.165) is 6.20 Å². The fourth-order valence-electron chi connectivity index (χ4n) is 3.59. The molecule has 0 bridgehead atoms. The summed E-state index contributed by atoms with van der Waals surface area (Å²) in [6, 6.07) is 5.50. The lowest BCUT2D eigenvalue weighted by atomic mass is 9.92. The van der Waals surface area contributed by atoms with E-state index in [9.17, 15) is 17.2 Å². The first-order chi connectivity index (χ1) is 14.8. The zero-order valence-corrected chi connectivity index (χ0v) is 19.0. The molecule has 2 aromatic heterocycles. The third-order valence-corrected chi connectivity index (χ3v) is 8.60. The average molecular weight is 480 g/mol. The van der Waals surface area contributed by atoms with E-state index < -0.39 is 37.5 Å². The molecule has 3 N–H and O–H groups in total. The summed E-state index contributed by atoms with van der Waals surface area (Å²) in [6.45, 7) is 4.46. The van der Waals surface area contributed by atoms with Gasteiger partial charge in [0, 0.05) is 22.8 Å². The second kappa shape index (κ2) is 7.35. The minimum Gasteiger partial charge on any atom is -0.386 e. The maximum Gasteiger partial charge on any atom is 0.165 e. The second-order valence-electron chi connectivity index (χ2n) is 8.36.